The van der Waals surface area contributed by atoms with Gasteiger partial charge in [0.1, 0.15) is 18.5 Å². The standard InChI is InChI=1S/C15H10BrCl2F3N2O/c1-2-24-7-23-13(9-4-3-8(17)5-11(9)18)10(6-22)12(16)14(23)15(19,20)21/h3-5H,2,7H2,1H3. The molecule has 1 heterocycles. The van der Waals surface area contributed by atoms with Crippen molar-refractivity contribution in [3.8, 4) is 17.3 Å². The van der Waals surface area contributed by atoms with Crippen molar-refractivity contribution >= 4 is 39.1 Å². The van der Waals surface area contributed by atoms with E-state index in [9.17, 15) is 18.4 Å². The number of nitrogens with zero attached hydrogens (tertiary/aromatic N) is 2. The van der Waals surface area contributed by atoms with Gasteiger partial charge in [-0.25, -0.2) is 0 Å². The monoisotopic (exact) mass is 440 g/mol. The highest BCUT2D eigenvalue weighted by Gasteiger charge is 2.41. The second-order valence-electron chi connectivity index (χ2n) is 4.67. The van der Waals surface area contributed by atoms with E-state index in [1.807, 2.05) is 0 Å². The highest BCUT2D eigenvalue weighted by Crippen LogP contribution is 2.44. The Hall–Kier alpha value is -1.20. The van der Waals surface area contributed by atoms with Crippen LogP contribution in [0.15, 0.2) is 22.7 Å². The molecule has 0 aliphatic heterocycles. The molecule has 0 aliphatic rings. The van der Waals surface area contributed by atoms with E-state index in [1.54, 1.807) is 13.0 Å². The van der Waals surface area contributed by atoms with Gasteiger partial charge in [0, 0.05) is 17.2 Å². The molecule has 0 bridgehead atoms. The predicted octanol–water partition coefficient (Wildman–Crippen LogP) is 6.11. The third kappa shape index (κ3) is 3.57. The molecule has 0 saturated carbocycles. The smallest absolute Gasteiger partial charge is 0.361 e. The van der Waals surface area contributed by atoms with Gasteiger partial charge in [-0.05, 0) is 41.1 Å². The first-order valence-electron chi connectivity index (χ1n) is 6.64. The van der Waals surface area contributed by atoms with Gasteiger partial charge in [0.15, 0.2) is 0 Å². The summed E-state index contributed by atoms with van der Waals surface area (Å²) in [6, 6.07) is 6.16. The molecule has 0 amide bonds. The Kier molecular flexibility index (Phi) is 5.87. The van der Waals surface area contributed by atoms with Crippen LogP contribution in [0.5, 0.6) is 0 Å². The Balaban J connectivity index is 2.85. The quantitative estimate of drug-likeness (QED) is 0.574. The van der Waals surface area contributed by atoms with Crippen LogP contribution in [0.25, 0.3) is 11.3 Å². The van der Waals surface area contributed by atoms with Gasteiger partial charge in [0.05, 0.1) is 20.8 Å². The van der Waals surface area contributed by atoms with Crippen molar-refractivity contribution in [3.05, 3.63) is 44.0 Å². The molecule has 3 nitrogen and oxygen atoms in total. The first-order chi connectivity index (χ1) is 11.2. The fourth-order valence-corrected chi connectivity index (χ4v) is 3.45. The Morgan fingerprint density at radius 1 is 1.33 bits per heavy atom. The number of ether oxygens (including phenoxy) is 1. The molecule has 2 rings (SSSR count). The third-order valence-electron chi connectivity index (χ3n) is 3.20. The molecule has 0 spiro atoms. The Labute approximate surface area is 154 Å². The van der Waals surface area contributed by atoms with E-state index in [-0.39, 0.29) is 39.7 Å². The number of hydrogen-bond acceptors (Lipinski definition) is 2. The van der Waals surface area contributed by atoms with E-state index >= 15 is 0 Å². The van der Waals surface area contributed by atoms with Crippen molar-refractivity contribution in [2.45, 2.75) is 19.8 Å². The Morgan fingerprint density at radius 3 is 2.50 bits per heavy atom. The maximum atomic E-state index is 13.5. The number of benzene rings is 1. The summed E-state index contributed by atoms with van der Waals surface area (Å²) in [5, 5.41) is 9.83. The summed E-state index contributed by atoms with van der Waals surface area (Å²) in [7, 11) is 0. The molecule has 0 fully saturated rings. The summed E-state index contributed by atoms with van der Waals surface area (Å²) in [6.07, 6.45) is -4.68. The van der Waals surface area contributed by atoms with Crippen molar-refractivity contribution in [2.75, 3.05) is 6.61 Å². The fourth-order valence-electron chi connectivity index (χ4n) is 2.24. The molecule has 0 aliphatic carbocycles. The molecule has 0 atom stereocenters. The minimum absolute atomic E-state index is 0.0202. The summed E-state index contributed by atoms with van der Waals surface area (Å²) in [6.45, 7) is 1.49. The van der Waals surface area contributed by atoms with E-state index in [1.165, 1.54) is 18.2 Å². The van der Waals surface area contributed by atoms with Crippen LogP contribution in [-0.4, -0.2) is 11.2 Å². The van der Waals surface area contributed by atoms with E-state index < -0.39 is 11.9 Å². The Morgan fingerprint density at radius 2 is 2.00 bits per heavy atom. The van der Waals surface area contributed by atoms with Gasteiger partial charge in [-0.2, -0.15) is 18.4 Å². The fraction of sp³-hybridized carbons (Fsp3) is 0.267. The maximum absolute atomic E-state index is 13.5. The average molecular weight is 442 g/mol. The first kappa shape index (κ1) is 19.1. The lowest BCUT2D eigenvalue weighted by Crippen LogP contribution is -2.16. The lowest BCUT2D eigenvalue weighted by Gasteiger charge is -2.16. The zero-order valence-electron chi connectivity index (χ0n) is 12.2. The van der Waals surface area contributed by atoms with Gasteiger partial charge in [0.2, 0.25) is 0 Å². The van der Waals surface area contributed by atoms with Crippen molar-refractivity contribution in [1.29, 1.82) is 5.26 Å². The molecule has 0 unspecified atom stereocenters. The van der Waals surface area contributed by atoms with Gasteiger partial charge in [-0.1, -0.05) is 23.2 Å². The van der Waals surface area contributed by atoms with Gasteiger partial charge in [-0.3, -0.25) is 0 Å². The number of halogens is 6. The van der Waals surface area contributed by atoms with Gasteiger partial charge < -0.3 is 9.30 Å². The lowest BCUT2D eigenvalue weighted by atomic mass is 10.1. The largest absolute Gasteiger partial charge is 0.432 e. The van der Waals surface area contributed by atoms with E-state index in [4.69, 9.17) is 27.9 Å². The highest BCUT2D eigenvalue weighted by molar-refractivity contribution is 9.10. The molecule has 0 N–H and O–H groups in total. The zero-order valence-corrected chi connectivity index (χ0v) is 15.3. The van der Waals surface area contributed by atoms with Crippen LogP contribution in [0.4, 0.5) is 13.2 Å². The molecule has 9 heteroatoms. The normalized spacial score (nSPS) is 11.6. The van der Waals surface area contributed by atoms with Crippen LogP contribution < -0.4 is 0 Å². The second kappa shape index (κ2) is 7.36. The minimum atomic E-state index is -4.68. The molecule has 1 aromatic carbocycles. The van der Waals surface area contributed by atoms with Gasteiger partial charge in [0.25, 0.3) is 0 Å². The predicted molar refractivity (Wildman–Crippen MR) is 88.9 cm³/mol. The third-order valence-corrected chi connectivity index (χ3v) is 4.51. The summed E-state index contributed by atoms with van der Waals surface area (Å²) >= 11 is 14.9. The van der Waals surface area contributed by atoms with E-state index in [2.05, 4.69) is 15.9 Å². The van der Waals surface area contributed by atoms with Gasteiger partial charge in [-0.15, -0.1) is 0 Å². The number of alkyl halides is 3. The summed E-state index contributed by atoms with van der Waals surface area (Å²) < 4.78 is 46.1. The first-order valence-corrected chi connectivity index (χ1v) is 8.19. The SMILES string of the molecule is CCOCn1c(-c2ccc(Cl)cc2Cl)c(C#N)c(Br)c1C(F)(F)F. The zero-order chi connectivity index (χ0) is 18.1. The lowest BCUT2D eigenvalue weighted by molar-refractivity contribution is -0.146. The number of aromatic nitrogens is 1. The molecule has 2 aromatic rings. The number of nitriles is 1. The average Bonchev–Trinajstić information content (AvgIpc) is 2.76. The van der Waals surface area contributed by atoms with Gasteiger partial charge >= 0.3 is 6.18 Å². The highest BCUT2D eigenvalue weighted by atomic mass is 79.9. The summed E-state index contributed by atoms with van der Waals surface area (Å²) in [5.74, 6) is 0. The van der Waals surface area contributed by atoms with Crippen LogP contribution in [0.2, 0.25) is 10.0 Å². The molecule has 1 aromatic heterocycles. The molecular formula is C15H10BrCl2F3N2O. The second-order valence-corrected chi connectivity index (χ2v) is 6.31. The van der Waals surface area contributed by atoms with Crippen LogP contribution in [0.1, 0.15) is 18.2 Å². The number of rotatable bonds is 4. The molecule has 0 saturated heterocycles. The van der Waals surface area contributed by atoms with Crippen LogP contribution in [0.3, 0.4) is 0 Å². The number of hydrogen-bond donors (Lipinski definition) is 0. The molecular weight excluding hydrogens is 432 g/mol. The topological polar surface area (TPSA) is 38.0 Å². The maximum Gasteiger partial charge on any atom is 0.432 e. The molecule has 24 heavy (non-hydrogen) atoms. The van der Waals surface area contributed by atoms with Crippen LogP contribution >= 0.6 is 39.1 Å². The van der Waals surface area contributed by atoms with Crippen LogP contribution in [-0.2, 0) is 17.6 Å². The van der Waals surface area contributed by atoms with Crippen LogP contribution in [0, 0.1) is 11.3 Å². The van der Waals surface area contributed by atoms with Crippen molar-refractivity contribution in [2.24, 2.45) is 0 Å². The van der Waals surface area contributed by atoms with Crippen molar-refractivity contribution in [3.63, 3.8) is 0 Å². The molecule has 128 valence electrons. The summed E-state index contributed by atoms with van der Waals surface area (Å²) in [5.41, 5.74) is -0.903. The van der Waals surface area contributed by atoms with Crippen molar-refractivity contribution < 1.29 is 17.9 Å². The van der Waals surface area contributed by atoms with E-state index in [0.29, 0.717) is 5.02 Å². The minimum Gasteiger partial charge on any atom is -0.361 e. The van der Waals surface area contributed by atoms with E-state index in [0.717, 1.165) is 4.57 Å². The van der Waals surface area contributed by atoms with Crippen molar-refractivity contribution in [1.82, 2.24) is 4.57 Å². The Bertz CT molecular complexity index is 813. The summed E-state index contributed by atoms with van der Waals surface area (Å²) in [4.78, 5) is 0. The molecule has 0 radical (unpaired) electrons.